The van der Waals surface area contributed by atoms with Crippen LogP contribution < -0.4 is 11.1 Å². The minimum atomic E-state index is -0.914. The molecule has 1 amide bonds. The highest BCUT2D eigenvalue weighted by atomic mass is 16.5. The Labute approximate surface area is 99.2 Å². The maximum absolute atomic E-state index is 11.3. The van der Waals surface area contributed by atoms with E-state index < -0.39 is 11.9 Å². The number of anilines is 2. The molecule has 0 radical (unpaired) electrons. The van der Waals surface area contributed by atoms with E-state index >= 15 is 0 Å². The van der Waals surface area contributed by atoms with E-state index in [0.29, 0.717) is 17.9 Å². The van der Waals surface area contributed by atoms with Crippen LogP contribution in [0.4, 0.5) is 11.5 Å². The lowest BCUT2D eigenvalue weighted by Crippen LogP contribution is -2.25. The zero-order valence-electron chi connectivity index (χ0n) is 9.82. The standard InChI is InChI=1S/C11H15N3O3/c1-3-7-5-8(6-13-9(7)12)14-10(15)11(16)17-4-2/h5-6H,3-4H2,1-2H3,(H2,12,13)(H,14,15). The highest BCUT2D eigenvalue weighted by Gasteiger charge is 2.15. The molecule has 92 valence electrons. The predicted octanol–water partition coefficient (Wildman–Crippen LogP) is 0.728. The van der Waals surface area contributed by atoms with Crippen molar-refractivity contribution < 1.29 is 14.3 Å². The van der Waals surface area contributed by atoms with Gasteiger partial charge in [0.15, 0.2) is 0 Å². The van der Waals surface area contributed by atoms with Crippen LogP contribution in [-0.2, 0) is 20.7 Å². The monoisotopic (exact) mass is 237 g/mol. The van der Waals surface area contributed by atoms with Crippen molar-refractivity contribution >= 4 is 23.4 Å². The number of nitrogens with two attached hydrogens (primary N) is 1. The Morgan fingerprint density at radius 3 is 2.76 bits per heavy atom. The molecule has 0 aliphatic rings. The molecule has 6 nitrogen and oxygen atoms in total. The summed E-state index contributed by atoms with van der Waals surface area (Å²) in [6, 6.07) is 1.68. The maximum atomic E-state index is 11.3. The molecule has 1 heterocycles. The molecule has 0 atom stereocenters. The van der Waals surface area contributed by atoms with Gasteiger partial charge in [0.1, 0.15) is 5.82 Å². The number of rotatable bonds is 3. The topological polar surface area (TPSA) is 94.3 Å². The Morgan fingerprint density at radius 1 is 1.47 bits per heavy atom. The van der Waals surface area contributed by atoms with Crippen molar-refractivity contribution in [3.8, 4) is 0 Å². The zero-order chi connectivity index (χ0) is 12.8. The molecule has 6 heteroatoms. The molecule has 0 bridgehead atoms. The predicted molar refractivity (Wildman–Crippen MR) is 63.3 cm³/mol. The SMILES string of the molecule is CCOC(=O)C(=O)Nc1cnc(N)c(CC)c1. The summed E-state index contributed by atoms with van der Waals surface area (Å²) in [5.74, 6) is -1.32. The van der Waals surface area contributed by atoms with Gasteiger partial charge in [0, 0.05) is 0 Å². The normalized spacial score (nSPS) is 9.76. The second-order valence-electron chi connectivity index (χ2n) is 3.30. The van der Waals surface area contributed by atoms with Gasteiger partial charge in [-0.3, -0.25) is 4.79 Å². The van der Waals surface area contributed by atoms with Crippen LogP contribution in [0, 0.1) is 0 Å². The average molecular weight is 237 g/mol. The number of carbonyl (C=O) groups excluding carboxylic acids is 2. The number of nitrogens with zero attached hydrogens (tertiary/aromatic N) is 1. The van der Waals surface area contributed by atoms with Crippen molar-refractivity contribution in [2.24, 2.45) is 0 Å². The largest absolute Gasteiger partial charge is 0.459 e. The van der Waals surface area contributed by atoms with E-state index in [4.69, 9.17) is 5.73 Å². The number of nitrogens with one attached hydrogen (secondary N) is 1. The summed E-state index contributed by atoms with van der Waals surface area (Å²) in [5, 5.41) is 2.40. The second kappa shape index (κ2) is 5.83. The summed E-state index contributed by atoms with van der Waals surface area (Å²) >= 11 is 0. The van der Waals surface area contributed by atoms with Crippen LogP contribution in [0.25, 0.3) is 0 Å². The third-order valence-electron chi connectivity index (χ3n) is 2.10. The van der Waals surface area contributed by atoms with Crippen LogP contribution in [0.1, 0.15) is 19.4 Å². The number of pyridine rings is 1. The number of hydrogen-bond acceptors (Lipinski definition) is 5. The highest BCUT2D eigenvalue weighted by molar-refractivity contribution is 6.37. The molecule has 0 fully saturated rings. The molecular formula is C11H15N3O3. The van der Waals surface area contributed by atoms with Crippen LogP contribution >= 0.6 is 0 Å². The average Bonchev–Trinajstić information content (AvgIpc) is 2.31. The van der Waals surface area contributed by atoms with Crippen molar-refractivity contribution in [3.05, 3.63) is 17.8 Å². The lowest BCUT2D eigenvalue weighted by atomic mass is 10.2. The Morgan fingerprint density at radius 2 is 2.18 bits per heavy atom. The molecule has 0 saturated carbocycles. The molecular weight excluding hydrogens is 222 g/mol. The first-order valence-electron chi connectivity index (χ1n) is 5.31. The minimum Gasteiger partial charge on any atom is -0.459 e. The molecule has 0 aromatic carbocycles. The molecule has 0 unspecified atom stereocenters. The van der Waals surface area contributed by atoms with E-state index in [1.54, 1.807) is 13.0 Å². The summed E-state index contributed by atoms with van der Waals surface area (Å²) in [6.07, 6.45) is 2.09. The van der Waals surface area contributed by atoms with Gasteiger partial charge in [0.2, 0.25) is 0 Å². The number of amides is 1. The third-order valence-corrected chi connectivity index (χ3v) is 2.10. The van der Waals surface area contributed by atoms with E-state index in [2.05, 4.69) is 15.0 Å². The van der Waals surface area contributed by atoms with E-state index in [1.807, 2.05) is 6.92 Å². The Balaban J connectivity index is 2.75. The zero-order valence-corrected chi connectivity index (χ0v) is 9.82. The van der Waals surface area contributed by atoms with Crippen molar-refractivity contribution in [1.82, 2.24) is 4.98 Å². The summed E-state index contributed by atoms with van der Waals surface area (Å²) < 4.78 is 4.56. The third kappa shape index (κ3) is 3.44. The number of aryl methyl sites for hydroxylation is 1. The van der Waals surface area contributed by atoms with E-state index in [-0.39, 0.29) is 6.61 Å². The van der Waals surface area contributed by atoms with Crippen molar-refractivity contribution in [2.45, 2.75) is 20.3 Å². The maximum Gasteiger partial charge on any atom is 0.397 e. The van der Waals surface area contributed by atoms with Gasteiger partial charge in [0.05, 0.1) is 18.5 Å². The van der Waals surface area contributed by atoms with Crippen LogP contribution in [-0.4, -0.2) is 23.5 Å². The molecule has 1 aromatic heterocycles. The number of esters is 1. The molecule has 0 aliphatic carbocycles. The number of nitrogen functional groups attached to an aromatic ring is 1. The number of ether oxygens (including phenoxy) is 1. The fourth-order valence-electron chi connectivity index (χ4n) is 1.25. The fourth-order valence-corrected chi connectivity index (χ4v) is 1.25. The first kappa shape index (κ1) is 13.0. The Kier molecular flexibility index (Phi) is 4.45. The van der Waals surface area contributed by atoms with E-state index in [9.17, 15) is 9.59 Å². The quantitative estimate of drug-likeness (QED) is 0.597. The number of hydrogen-bond donors (Lipinski definition) is 2. The van der Waals surface area contributed by atoms with Gasteiger partial charge in [0.25, 0.3) is 0 Å². The molecule has 17 heavy (non-hydrogen) atoms. The lowest BCUT2D eigenvalue weighted by molar-refractivity contribution is -0.152. The van der Waals surface area contributed by atoms with E-state index in [0.717, 1.165) is 5.56 Å². The smallest absolute Gasteiger partial charge is 0.397 e. The summed E-state index contributed by atoms with van der Waals surface area (Å²) in [7, 11) is 0. The Hall–Kier alpha value is -2.11. The number of aromatic nitrogens is 1. The van der Waals surface area contributed by atoms with Gasteiger partial charge >= 0.3 is 11.9 Å². The minimum absolute atomic E-state index is 0.159. The van der Waals surface area contributed by atoms with Crippen LogP contribution in [0.5, 0.6) is 0 Å². The first-order valence-corrected chi connectivity index (χ1v) is 5.31. The van der Waals surface area contributed by atoms with Gasteiger partial charge in [-0.1, -0.05) is 6.92 Å². The molecule has 1 aromatic rings. The molecule has 0 saturated heterocycles. The van der Waals surface area contributed by atoms with Crippen molar-refractivity contribution in [3.63, 3.8) is 0 Å². The molecule has 0 aliphatic heterocycles. The van der Waals surface area contributed by atoms with Crippen molar-refractivity contribution in [1.29, 1.82) is 0 Å². The highest BCUT2D eigenvalue weighted by Crippen LogP contribution is 2.15. The van der Waals surface area contributed by atoms with Crippen LogP contribution in [0.3, 0.4) is 0 Å². The van der Waals surface area contributed by atoms with Gasteiger partial charge in [-0.15, -0.1) is 0 Å². The number of carbonyl (C=O) groups is 2. The molecule has 3 N–H and O–H groups in total. The van der Waals surface area contributed by atoms with Crippen LogP contribution in [0.15, 0.2) is 12.3 Å². The van der Waals surface area contributed by atoms with E-state index in [1.165, 1.54) is 6.20 Å². The first-order chi connectivity index (χ1) is 8.08. The summed E-state index contributed by atoms with van der Waals surface area (Å²) in [6.45, 7) is 3.71. The van der Waals surface area contributed by atoms with Gasteiger partial charge < -0.3 is 15.8 Å². The molecule has 1 rings (SSSR count). The lowest BCUT2D eigenvalue weighted by Gasteiger charge is -2.07. The summed E-state index contributed by atoms with van der Waals surface area (Å²) in [5.41, 5.74) is 6.86. The van der Waals surface area contributed by atoms with Gasteiger partial charge in [-0.05, 0) is 25.0 Å². The van der Waals surface area contributed by atoms with Gasteiger partial charge in [-0.25, -0.2) is 9.78 Å². The van der Waals surface area contributed by atoms with Crippen LogP contribution in [0.2, 0.25) is 0 Å². The van der Waals surface area contributed by atoms with Crippen molar-refractivity contribution in [2.75, 3.05) is 17.7 Å². The second-order valence-corrected chi connectivity index (χ2v) is 3.30. The Bertz CT molecular complexity index is 432. The summed E-state index contributed by atoms with van der Waals surface area (Å²) in [4.78, 5) is 26.4. The molecule has 0 spiro atoms. The van der Waals surface area contributed by atoms with Gasteiger partial charge in [-0.2, -0.15) is 0 Å². The fraction of sp³-hybridized carbons (Fsp3) is 0.364.